The van der Waals surface area contributed by atoms with Crippen molar-refractivity contribution < 1.29 is 0 Å². The van der Waals surface area contributed by atoms with Crippen LogP contribution in [-0.4, -0.2) is 0 Å². The van der Waals surface area contributed by atoms with Crippen LogP contribution in [-0.2, 0) is 6.42 Å². The summed E-state index contributed by atoms with van der Waals surface area (Å²) in [7, 11) is 0. The number of benzene rings is 1. The average molecular weight is 176 g/mol. The Labute approximate surface area is 82.0 Å². The maximum atomic E-state index is 2.33. The van der Waals surface area contributed by atoms with Crippen LogP contribution in [0.15, 0.2) is 30.3 Å². The van der Waals surface area contributed by atoms with E-state index < -0.39 is 0 Å². The largest absolute Gasteiger partial charge is 0.0622 e. The fourth-order valence-electron chi connectivity index (χ4n) is 1.27. The van der Waals surface area contributed by atoms with Gasteiger partial charge in [-0.1, -0.05) is 58.0 Å². The number of rotatable bonds is 2. The fourth-order valence-corrected chi connectivity index (χ4v) is 1.27. The van der Waals surface area contributed by atoms with E-state index in [0.717, 1.165) is 5.92 Å². The minimum atomic E-state index is 0.413. The van der Waals surface area contributed by atoms with Crippen molar-refractivity contribution in [3.8, 4) is 0 Å². The monoisotopic (exact) mass is 176 g/mol. The highest BCUT2D eigenvalue weighted by Crippen LogP contribution is 2.28. The molecule has 0 radical (unpaired) electrons. The summed E-state index contributed by atoms with van der Waals surface area (Å²) in [6.07, 6.45) is 1.18. The highest BCUT2D eigenvalue weighted by Gasteiger charge is 2.19. The molecule has 0 aromatic heterocycles. The zero-order valence-corrected chi connectivity index (χ0v) is 9.17. The second-order valence-corrected chi connectivity index (χ2v) is 4.96. The zero-order chi connectivity index (χ0) is 9.90. The van der Waals surface area contributed by atoms with E-state index in [4.69, 9.17) is 0 Å². The van der Waals surface area contributed by atoms with Gasteiger partial charge >= 0.3 is 0 Å². The Hall–Kier alpha value is -0.780. The van der Waals surface area contributed by atoms with Crippen LogP contribution in [0.25, 0.3) is 0 Å². The Bertz CT molecular complexity index is 240. The smallest absolute Gasteiger partial charge is 0.0248 e. The molecule has 0 aliphatic rings. The molecule has 0 heterocycles. The molecule has 72 valence electrons. The van der Waals surface area contributed by atoms with Crippen LogP contribution in [0.5, 0.6) is 0 Å². The van der Waals surface area contributed by atoms with Crippen LogP contribution in [0.4, 0.5) is 0 Å². The standard InChI is InChI=1S/C13H20/c1-11(13(2,3)4)10-12-8-6-5-7-9-12/h5-9,11H,10H2,1-4H3. The predicted molar refractivity (Wildman–Crippen MR) is 58.8 cm³/mol. The molecule has 13 heavy (non-hydrogen) atoms. The van der Waals surface area contributed by atoms with Gasteiger partial charge in [-0.15, -0.1) is 0 Å². The van der Waals surface area contributed by atoms with Crippen molar-refractivity contribution in [1.29, 1.82) is 0 Å². The first-order valence-corrected chi connectivity index (χ1v) is 5.04. The van der Waals surface area contributed by atoms with Crippen molar-refractivity contribution in [2.45, 2.75) is 34.1 Å². The van der Waals surface area contributed by atoms with Crippen molar-refractivity contribution in [3.63, 3.8) is 0 Å². The highest BCUT2D eigenvalue weighted by atomic mass is 14.2. The van der Waals surface area contributed by atoms with Gasteiger partial charge in [-0.25, -0.2) is 0 Å². The summed E-state index contributed by atoms with van der Waals surface area (Å²) in [5.74, 6) is 0.731. The summed E-state index contributed by atoms with van der Waals surface area (Å²) in [6.45, 7) is 9.24. The maximum Gasteiger partial charge on any atom is -0.0248 e. The lowest BCUT2D eigenvalue weighted by Crippen LogP contribution is -2.19. The molecular weight excluding hydrogens is 156 g/mol. The van der Waals surface area contributed by atoms with Crippen molar-refractivity contribution in [2.24, 2.45) is 11.3 Å². The lowest BCUT2D eigenvalue weighted by molar-refractivity contribution is 0.260. The van der Waals surface area contributed by atoms with Gasteiger partial charge in [0.1, 0.15) is 0 Å². The lowest BCUT2D eigenvalue weighted by atomic mass is 9.79. The Morgan fingerprint density at radius 3 is 2.08 bits per heavy atom. The van der Waals surface area contributed by atoms with Crippen LogP contribution >= 0.6 is 0 Å². The molecule has 0 N–H and O–H groups in total. The minimum Gasteiger partial charge on any atom is -0.0622 e. The summed E-state index contributed by atoms with van der Waals surface area (Å²) in [4.78, 5) is 0. The molecule has 0 heteroatoms. The van der Waals surface area contributed by atoms with E-state index in [9.17, 15) is 0 Å². The second kappa shape index (κ2) is 3.95. The third kappa shape index (κ3) is 3.22. The molecule has 0 saturated carbocycles. The summed E-state index contributed by atoms with van der Waals surface area (Å²) < 4.78 is 0. The Kier molecular flexibility index (Phi) is 3.13. The number of hydrogen-bond donors (Lipinski definition) is 0. The van der Waals surface area contributed by atoms with Gasteiger partial charge in [0.25, 0.3) is 0 Å². The van der Waals surface area contributed by atoms with Crippen molar-refractivity contribution in [1.82, 2.24) is 0 Å². The first kappa shape index (κ1) is 10.3. The van der Waals surface area contributed by atoms with Gasteiger partial charge in [0, 0.05) is 0 Å². The molecule has 1 unspecified atom stereocenters. The van der Waals surface area contributed by atoms with Gasteiger partial charge in [-0.3, -0.25) is 0 Å². The first-order chi connectivity index (χ1) is 6.00. The summed E-state index contributed by atoms with van der Waals surface area (Å²) >= 11 is 0. The second-order valence-electron chi connectivity index (χ2n) is 4.96. The lowest BCUT2D eigenvalue weighted by Gasteiger charge is -2.27. The normalized spacial score (nSPS) is 14.2. The fraction of sp³-hybridized carbons (Fsp3) is 0.538. The molecule has 1 rings (SSSR count). The van der Waals surface area contributed by atoms with Gasteiger partial charge in [0.05, 0.1) is 0 Å². The van der Waals surface area contributed by atoms with Gasteiger partial charge in [-0.2, -0.15) is 0 Å². The van der Waals surface area contributed by atoms with Crippen LogP contribution in [0.1, 0.15) is 33.3 Å². The molecule has 0 amide bonds. The molecule has 0 spiro atoms. The third-order valence-electron chi connectivity index (χ3n) is 2.86. The van der Waals surface area contributed by atoms with Crippen molar-refractivity contribution in [3.05, 3.63) is 35.9 Å². The zero-order valence-electron chi connectivity index (χ0n) is 9.17. The Balaban J connectivity index is 2.61. The quantitative estimate of drug-likeness (QED) is 0.641. The summed E-state index contributed by atoms with van der Waals surface area (Å²) in [5.41, 5.74) is 1.86. The topological polar surface area (TPSA) is 0 Å². The molecule has 0 bridgehead atoms. The molecule has 0 saturated heterocycles. The van der Waals surface area contributed by atoms with Crippen molar-refractivity contribution >= 4 is 0 Å². The maximum absolute atomic E-state index is 2.33. The van der Waals surface area contributed by atoms with Gasteiger partial charge in [-0.05, 0) is 23.3 Å². The summed E-state index contributed by atoms with van der Waals surface area (Å²) in [5, 5.41) is 0. The molecule has 1 atom stereocenters. The molecule has 0 fully saturated rings. The van der Waals surface area contributed by atoms with Gasteiger partial charge < -0.3 is 0 Å². The van der Waals surface area contributed by atoms with E-state index in [1.165, 1.54) is 12.0 Å². The molecule has 1 aromatic carbocycles. The van der Waals surface area contributed by atoms with Gasteiger partial charge in [0.15, 0.2) is 0 Å². The van der Waals surface area contributed by atoms with E-state index in [-0.39, 0.29) is 0 Å². The van der Waals surface area contributed by atoms with Crippen LogP contribution in [0, 0.1) is 11.3 Å². The van der Waals surface area contributed by atoms with Gasteiger partial charge in [0.2, 0.25) is 0 Å². The molecule has 0 aliphatic carbocycles. The first-order valence-electron chi connectivity index (χ1n) is 5.04. The average Bonchev–Trinajstić information content (AvgIpc) is 2.04. The van der Waals surface area contributed by atoms with Crippen LogP contribution in [0.3, 0.4) is 0 Å². The molecular formula is C13H20. The predicted octanol–water partition coefficient (Wildman–Crippen LogP) is 3.91. The Morgan fingerprint density at radius 2 is 1.62 bits per heavy atom. The SMILES string of the molecule is CC(Cc1ccccc1)C(C)(C)C. The van der Waals surface area contributed by atoms with Crippen LogP contribution < -0.4 is 0 Å². The highest BCUT2D eigenvalue weighted by molar-refractivity contribution is 5.15. The van der Waals surface area contributed by atoms with Crippen molar-refractivity contribution in [2.75, 3.05) is 0 Å². The Morgan fingerprint density at radius 1 is 1.08 bits per heavy atom. The summed E-state index contributed by atoms with van der Waals surface area (Å²) in [6, 6.07) is 10.7. The van der Waals surface area contributed by atoms with E-state index >= 15 is 0 Å². The molecule has 1 aromatic rings. The number of hydrogen-bond acceptors (Lipinski definition) is 0. The third-order valence-corrected chi connectivity index (χ3v) is 2.86. The van der Waals surface area contributed by atoms with Crippen LogP contribution in [0.2, 0.25) is 0 Å². The van der Waals surface area contributed by atoms with E-state index in [2.05, 4.69) is 58.0 Å². The van der Waals surface area contributed by atoms with E-state index in [1.54, 1.807) is 0 Å². The molecule has 0 nitrogen and oxygen atoms in total. The minimum absolute atomic E-state index is 0.413. The van der Waals surface area contributed by atoms with E-state index in [0.29, 0.717) is 5.41 Å². The van der Waals surface area contributed by atoms with E-state index in [1.807, 2.05) is 0 Å². The molecule has 0 aliphatic heterocycles.